The zero-order chi connectivity index (χ0) is 17.4. The molecule has 1 unspecified atom stereocenters. The van der Waals surface area contributed by atoms with Gasteiger partial charge in [-0.05, 0) is 50.7 Å². The van der Waals surface area contributed by atoms with Gasteiger partial charge in [-0.1, -0.05) is 25.7 Å². The van der Waals surface area contributed by atoms with Crippen LogP contribution in [-0.2, 0) is 4.79 Å². The predicted octanol–water partition coefficient (Wildman–Crippen LogP) is 2.90. The molecule has 0 heterocycles. The zero-order valence-electron chi connectivity index (χ0n) is 14.8. The molecule has 0 bridgehead atoms. The molecule has 134 valence electrons. The van der Waals surface area contributed by atoms with Gasteiger partial charge in [-0.3, -0.25) is 4.79 Å². The van der Waals surface area contributed by atoms with Crippen LogP contribution in [0.5, 0.6) is 5.75 Å². The molecule has 0 saturated heterocycles. The van der Waals surface area contributed by atoms with Crippen molar-refractivity contribution in [2.75, 3.05) is 32.6 Å². The Morgan fingerprint density at radius 3 is 2.58 bits per heavy atom. The summed E-state index contributed by atoms with van der Waals surface area (Å²) in [4.78, 5) is 13.9. The van der Waals surface area contributed by atoms with Crippen LogP contribution in [0.4, 0.5) is 5.69 Å². The molecule has 0 spiro atoms. The summed E-state index contributed by atoms with van der Waals surface area (Å²) in [5.74, 6) is 1.51. The Kier molecular flexibility index (Phi) is 7.53. The third-order valence-corrected chi connectivity index (χ3v) is 4.41. The van der Waals surface area contributed by atoms with E-state index in [1.807, 2.05) is 43.3 Å². The molecule has 24 heavy (non-hydrogen) atoms. The molecule has 1 aromatic carbocycles. The number of ether oxygens (including phenoxy) is 1. The Morgan fingerprint density at radius 1 is 1.29 bits per heavy atom. The Bertz CT molecular complexity index is 496. The SMILES string of the molecule is CN(C)CC(O)COc1ccc(NC(=O)CCC2CCCC2)cc1. The summed E-state index contributed by atoms with van der Waals surface area (Å²) in [6.07, 6.45) is 6.26. The first-order chi connectivity index (χ1) is 11.5. The van der Waals surface area contributed by atoms with Gasteiger partial charge >= 0.3 is 0 Å². The number of benzene rings is 1. The summed E-state index contributed by atoms with van der Waals surface area (Å²) in [7, 11) is 3.82. The summed E-state index contributed by atoms with van der Waals surface area (Å²) in [5.41, 5.74) is 0.785. The minimum absolute atomic E-state index is 0.0805. The van der Waals surface area contributed by atoms with Crippen LogP contribution in [0.15, 0.2) is 24.3 Å². The summed E-state index contributed by atoms with van der Waals surface area (Å²) >= 11 is 0. The minimum Gasteiger partial charge on any atom is -0.491 e. The zero-order valence-corrected chi connectivity index (χ0v) is 14.8. The smallest absolute Gasteiger partial charge is 0.224 e. The average Bonchev–Trinajstić information content (AvgIpc) is 3.05. The van der Waals surface area contributed by atoms with Crippen molar-refractivity contribution in [2.45, 2.75) is 44.6 Å². The largest absolute Gasteiger partial charge is 0.491 e. The van der Waals surface area contributed by atoms with Crippen LogP contribution < -0.4 is 10.1 Å². The molecule has 1 saturated carbocycles. The van der Waals surface area contributed by atoms with E-state index in [1.165, 1.54) is 25.7 Å². The fourth-order valence-corrected chi connectivity index (χ4v) is 3.16. The van der Waals surface area contributed by atoms with Gasteiger partial charge in [0.15, 0.2) is 0 Å². The lowest BCUT2D eigenvalue weighted by atomic mass is 10.0. The highest BCUT2D eigenvalue weighted by molar-refractivity contribution is 5.90. The number of anilines is 1. The van der Waals surface area contributed by atoms with Crippen LogP contribution in [0, 0.1) is 5.92 Å². The first-order valence-corrected chi connectivity index (χ1v) is 8.88. The quantitative estimate of drug-likeness (QED) is 0.729. The van der Waals surface area contributed by atoms with Crippen molar-refractivity contribution in [1.82, 2.24) is 4.90 Å². The molecular weight excluding hydrogens is 304 g/mol. The van der Waals surface area contributed by atoms with E-state index < -0.39 is 6.10 Å². The molecule has 2 rings (SSSR count). The van der Waals surface area contributed by atoms with Crippen LogP contribution >= 0.6 is 0 Å². The van der Waals surface area contributed by atoms with Crippen molar-refractivity contribution in [2.24, 2.45) is 5.92 Å². The van der Waals surface area contributed by atoms with Crippen molar-refractivity contribution < 1.29 is 14.6 Å². The van der Waals surface area contributed by atoms with Gasteiger partial charge in [0.05, 0.1) is 0 Å². The molecule has 2 N–H and O–H groups in total. The molecule has 1 fully saturated rings. The van der Waals surface area contributed by atoms with Crippen LogP contribution in [-0.4, -0.2) is 49.3 Å². The Labute approximate surface area is 145 Å². The normalized spacial score (nSPS) is 16.3. The Hall–Kier alpha value is -1.59. The number of likely N-dealkylation sites (N-methyl/N-ethyl adjacent to an activating group) is 1. The third kappa shape index (κ3) is 6.89. The average molecular weight is 334 g/mol. The number of hydrogen-bond acceptors (Lipinski definition) is 4. The van der Waals surface area contributed by atoms with E-state index >= 15 is 0 Å². The number of amides is 1. The van der Waals surface area contributed by atoms with E-state index in [2.05, 4.69) is 5.32 Å². The van der Waals surface area contributed by atoms with Gasteiger partial charge in [0.1, 0.15) is 18.5 Å². The second kappa shape index (κ2) is 9.64. The van der Waals surface area contributed by atoms with Crippen molar-refractivity contribution in [1.29, 1.82) is 0 Å². The van der Waals surface area contributed by atoms with Crippen LogP contribution in [0.25, 0.3) is 0 Å². The lowest BCUT2D eigenvalue weighted by molar-refractivity contribution is -0.116. The van der Waals surface area contributed by atoms with Crippen LogP contribution in [0.1, 0.15) is 38.5 Å². The van der Waals surface area contributed by atoms with Gasteiger partial charge in [-0.25, -0.2) is 0 Å². The van der Waals surface area contributed by atoms with Crippen molar-refractivity contribution in [3.05, 3.63) is 24.3 Å². The van der Waals surface area contributed by atoms with Crippen molar-refractivity contribution in [3.8, 4) is 5.75 Å². The maximum atomic E-state index is 12.0. The molecule has 0 radical (unpaired) electrons. The minimum atomic E-state index is -0.519. The topological polar surface area (TPSA) is 61.8 Å². The highest BCUT2D eigenvalue weighted by atomic mass is 16.5. The molecule has 5 heteroatoms. The molecule has 1 aliphatic rings. The lowest BCUT2D eigenvalue weighted by Crippen LogP contribution is -2.30. The van der Waals surface area contributed by atoms with Gasteiger partial charge in [0.25, 0.3) is 0 Å². The predicted molar refractivity (Wildman–Crippen MR) is 96.3 cm³/mol. The number of aliphatic hydroxyl groups is 1. The first-order valence-electron chi connectivity index (χ1n) is 8.88. The molecule has 1 aromatic rings. The molecule has 0 aliphatic heterocycles. The number of nitrogens with zero attached hydrogens (tertiary/aromatic N) is 1. The summed E-state index contributed by atoms with van der Waals surface area (Å²) in [5, 5.41) is 12.7. The van der Waals surface area contributed by atoms with E-state index in [-0.39, 0.29) is 12.5 Å². The third-order valence-electron chi connectivity index (χ3n) is 4.41. The van der Waals surface area contributed by atoms with E-state index in [0.29, 0.717) is 18.7 Å². The van der Waals surface area contributed by atoms with Crippen molar-refractivity contribution >= 4 is 11.6 Å². The molecule has 1 atom stereocenters. The number of carbonyl (C=O) groups excluding carboxylic acids is 1. The fraction of sp³-hybridized carbons (Fsp3) is 0.632. The highest BCUT2D eigenvalue weighted by Gasteiger charge is 2.16. The number of hydrogen-bond donors (Lipinski definition) is 2. The molecular formula is C19H30N2O3. The molecule has 1 amide bonds. The maximum Gasteiger partial charge on any atom is 0.224 e. The Balaban J connectivity index is 1.69. The van der Waals surface area contributed by atoms with Gasteiger partial charge in [-0.2, -0.15) is 0 Å². The van der Waals surface area contributed by atoms with Crippen LogP contribution in [0.2, 0.25) is 0 Å². The van der Waals surface area contributed by atoms with Gasteiger partial charge < -0.3 is 20.1 Å². The monoisotopic (exact) mass is 334 g/mol. The number of rotatable bonds is 9. The standard InChI is InChI=1S/C19H30N2O3/c1-21(2)13-17(22)14-24-18-10-8-16(9-11-18)20-19(23)12-7-15-5-3-4-6-15/h8-11,15,17,22H,3-7,12-14H2,1-2H3,(H,20,23). The lowest BCUT2D eigenvalue weighted by Gasteiger charge is -2.16. The number of carbonyl (C=O) groups is 1. The van der Waals surface area contributed by atoms with Crippen LogP contribution in [0.3, 0.4) is 0 Å². The maximum absolute atomic E-state index is 12.0. The summed E-state index contributed by atoms with van der Waals surface area (Å²) < 4.78 is 5.55. The fourth-order valence-electron chi connectivity index (χ4n) is 3.16. The summed E-state index contributed by atoms with van der Waals surface area (Å²) in [6, 6.07) is 7.30. The number of aliphatic hydroxyl groups excluding tert-OH is 1. The second-order valence-corrected chi connectivity index (χ2v) is 6.99. The highest BCUT2D eigenvalue weighted by Crippen LogP contribution is 2.28. The molecule has 0 aromatic heterocycles. The molecule has 1 aliphatic carbocycles. The number of nitrogens with one attached hydrogen (secondary N) is 1. The second-order valence-electron chi connectivity index (χ2n) is 6.99. The summed E-state index contributed by atoms with van der Waals surface area (Å²) in [6.45, 7) is 0.820. The van der Waals surface area contributed by atoms with E-state index in [4.69, 9.17) is 4.74 Å². The van der Waals surface area contributed by atoms with Gasteiger partial charge in [0.2, 0.25) is 5.91 Å². The van der Waals surface area contributed by atoms with Crippen molar-refractivity contribution in [3.63, 3.8) is 0 Å². The first kappa shape index (κ1) is 18.7. The van der Waals surface area contributed by atoms with E-state index in [9.17, 15) is 9.90 Å². The molecule has 5 nitrogen and oxygen atoms in total. The Morgan fingerprint density at radius 2 is 1.96 bits per heavy atom. The van der Waals surface area contributed by atoms with E-state index in [0.717, 1.165) is 18.0 Å². The van der Waals surface area contributed by atoms with Gasteiger partial charge in [-0.15, -0.1) is 0 Å². The van der Waals surface area contributed by atoms with E-state index in [1.54, 1.807) is 0 Å². The van der Waals surface area contributed by atoms with Gasteiger partial charge in [0, 0.05) is 18.7 Å².